The van der Waals surface area contributed by atoms with Gasteiger partial charge in [0.15, 0.2) is 0 Å². The summed E-state index contributed by atoms with van der Waals surface area (Å²) in [5.41, 5.74) is 0.449. The topological polar surface area (TPSA) is 72.9 Å². The number of sulfonamides is 1. The predicted octanol–water partition coefficient (Wildman–Crippen LogP) is 0.777. The van der Waals surface area contributed by atoms with Gasteiger partial charge in [0.2, 0.25) is 16.1 Å². The fraction of sp³-hybridized carbons (Fsp3) is 0.417. The van der Waals surface area contributed by atoms with Gasteiger partial charge in [-0.15, -0.1) is 0 Å². The molecule has 1 aliphatic heterocycles. The molecule has 1 aromatic rings. The van der Waals surface area contributed by atoms with Crippen LogP contribution < -0.4 is 9.04 Å². The summed E-state index contributed by atoms with van der Waals surface area (Å²) in [6.45, 7) is 1.49. The number of ether oxygens (including phenoxy) is 2. The van der Waals surface area contributed by atoms with Crippen molar-refractivity contribution in [2.45, 2.75) is 13.0 Å². The molecule has 0 aliphatic carbocycles. The van der Waals surface area contributed by atoms with E-state index in [1.165, 1.54) is 11.4 Å². The maximum atomic E-state index is 12.1. The van der Waals surface area contributed by atoms with Crippen molar-refractivity contribution in [3.63, 3.8) is 0 Å². The Morgan fingerprint density at radius 3 is 2.79 bits per heavy atom. The van der Waals surface area contributed by atoms with Crippen molar-refractivity contribution in [3.8, 4) is 5.75 Å². The maximum Gasteiger partial charge on any atom is 0.348 e. The monoisotopic (exact) mass is 285 g/mol. The molecule has 2 rings (SSSR count). The van der Waals surface area contributed by atoms with Gasteiger partial charge in [-0.1, -0.05) is 12.1 Å². The van der Waals surface area contributed by atoms with E-state index in [9.17, 15) is 13.2 Å². The Hall–Kier alpha value is -1.76. The number of esters is 1. The first-order chi connectivity index (χ1) is 8.99. The molecule has 0 radical (unpaired) electrons. The zero-order valence-electron chi connectivity index (χ0n) is 10.7. The first-order valence-corrected chi connectivity index (χ1v) is 7.44. The molecule has 7 heteroatoms. The van der Waals surface area contributed by atoms with E-state index in [4.69, 9.17) is 4.74 Å². The molecule has 1 atom stereocenters. The van der Waals surface area contributed by atoms with E-state index in [2.05, 4.69) is 4.74 Å². The van der Waals surface area contributed by atoms with Crippen LogP contribution in [0.3, 0.4) is 0 Å². The lowest BCUT2D eigenvalue weighted by atomic mass is 10.2. The third kappa shape index (κ3) is 2.51. The van der Waals surface area contributed by atoms with Crippen LogP contribution in [0.2, 0.25) is 0 Å². The number of nitrogens with zero attached hydrogens (tertiary/aromatic N) is 1. The number of hydrogen-bond donors (Lipinski definition) is 0. The van der Waals surface area contributed by atoms with Gasteiger partial charge in [0.25, 0.3) is 0 Å². The van der Waals surface area contributed by atoms with Gasteiger partial charge in [-0.3, -0.25) is 4.31 Å². The van der Waals surface area contributed by atoms with Crippen molar-refractivity contribution in [1.82, 2.24) is 0 Å². The van der Waals surface area contributed by atoms with E-state index in [1.54, 1.807) is 31.2 Å². The van der Waals surface area contributed by atoms with Crippen molar-refractivity contribution in [2.24, 2.45) is 0 Å². The molecule has 0 amide bonds. The van der Waals surface area contributed by atoms with Crippen LogP contribution in [0.1, 0.15) is 6.92 Å². The molecule has 0 bridgehead atoms. The summed E-state index contributed by atoms with van der Waals surface area (Å²) < 4.78 is 35.5. The van der Waals surface area contributed by atoms with Gasteiger partial charge in [0, 0.05) is 0 Å². The van der Waals surface area contributed by atoms with Crippen LogP contribution in [0, 0.1) is 0 Å². The number of carbonyl (C=O) groups excluding carboxylic acids is 1. The van der Waals surface area contributed by atoms with Gasteiger partial charge in [0.1, 0.15) is 5.75 Å². The van der Waals surface area contributed by atoms with Crippen LogP contribution in [-0.2, 0) is 19.6 Å². The molecule has 0 aromatic heterocycles. The molecule has 104 valence electrons. The van der Waals surface area contributed by atoms with E-state index in [0.717, 1.165) is 0 Å². The van der Waals surface area contributed by atoms with Crippen LogP contribution in [0.5, 0.6) is 5.75 Å². The number of methoxy groups -OCH3 is 1. The van der Waals surface area contributed by atoms with E-state index in [-0.39, 0.29) is 12.3 Å². The van der Waals surface area contributed by atoms with Gasteiger partial charge >= 0.3 is 5.97 Å². The Labute approximate surface area is 112 Å². The van der Waals surface area contributed by atoms with Crippen molar-refractivity contribution in [2.75, 3.05) is 23.7 Å². The number of rotatable bonds is 3. The summed E-state index contributed by atoms with van der Waals surface area (Å²) in [5.74, 6) is -0.276. The third-order valence-corrected chi connectivity index (χ3v) is 4.65. The molecule has 1 heterocycles. The molecule has 0 saturated carbocycles. The minimum absolute atomic E-state index is 0.0464. The molecule has 0 spiro atoms. The Morgan fingerprint density at radius 2 is 2.16 bits per heavy atom. The highest BCUT2D eigenvalue weighted by Crippen LogP contribution is 2.35. The summed E-state index contributed by atoms with van der Waals surface area (Å²) in [6, 6.07) is 6.72. The van der Waals surface area contributed by atoms with E-state index >= 15 is 0 Å². The largest absolute Gasteiger partial charge is 0.475 e. The first kappa shape index (κ1) is 13.7. The van der Waals surface area contributed by atoms with E-state index in [0.29, 0.717) is 11.4 Å². The molecule has 6 nitrogen and oxygen atoms in total. The minimum Gasteiger partial charge on any atom is -0.475 e. The summed E-state index contributed by atoms with van der Waals surface area (Å²) in [6.07, 6.45) is -0.943. The number of benzene rings is 1. The second kappa shape index (κ2) is 5.08. The Bertz CT molecular complexity index is 584. The van der Waals surface area contributed by atoms with Crippen molar-refractivity contribution in [1.29, 1.82) is 0 Å². The van der Waals surface area contributed by atoms with Crippen LogP contribution >= 0.6 is 0 Å². The lowest BCUT2D eigenvalue weighted by Gasteiger charge is -2.33. The maximum absolute atomic E-state index is 12.1. The number of carbonyl (C=O) groups is 1. The predicted molar refractivity (Wildman–Crippen MR) is 69.7 cm³/mol. The molecular formula is C12H15NO5S. The SMILES string of the molecule is CCS(=O)(=O)N1C[C@H](C(=O)OC)Oc2ccccc21. The highest BCUT2D eigenvalue weighted by Gasteiger charge is 2.36. The minimum atomic E-state index is -3.46. The Kier molecular flexibility index (Phi) is 3.66. The molecular weight excluding hydrogens is 270 g/mol. The van der Waals surface area contributed by atoms with Crippen LogP contribution in [-0.4, -0.2) is 39.9 Å². The normalized spacial score (nSPS) is 18.4. The second-order valence-corrected chi connectivity index (χ2v) is 6.21. The molecule has 0 N–H and O–H groups in total. The van der Waals surface area contributed by atoms with Gasteiger partial charge in [-0.2, -0.15) is 0 Å². The Balaban J connectivity index is 2.45. The molecule has 0 fully saturated rings. The molecule has 1 aromatic carbocycles. The third-order valence-electron chi connectivity index (χ3n) is 2.90. The molecule has 19 heavy (non-hydrogen) atoms. The number of para-hydroxylation sites is 2. The fourth-order valence-electron chi connectivity index (χ4n) is 1.88. The molecule has 0 unspecified atom stereocenters. The lowest BCUT2D eigenvalue weighted by Crippen LogP contribution is -2.47. The van der Waals surface area contributed by atoms with Crippen LogP contribution in [0.25, 0.3) is 0 Å². The first-order valence-electron chi connectivity index (χ1n) is 5.83. The zero-order chi connectivity index (χ0) is 14.0. The number of fused-ring (bicyclic) bond motifs is 1. The summed E-state index contributed by atoms with van der Waals surface area (Å²) in [4.78, 5) is 11.6. The summed E-state index contributed by atoms with van der Waals surface area (Å²) in [7, 11) is -2.22. The van der Waals surface area contributed by atoms with Gasteiger partial charge in [-0.25, -0.2) is 13.2 Å². The average molecular weight is 285 g/mol. The molecule has 0 saturated heterocycles. The van der Waals surface area contributed by atoms with Crippen molar-refractivity contribution in [3.05, 3.63) is 24.3 Å². The standard InChI is InChI=1S/C12H15NO5S/c1-3-19(15,16)13-8-11(12(14)17-2)18-10-7-5-4-6-9(10)13/h4-7,11H,3,8H2,1-2H3/t11-/m1/s1. The summed E-state index contributed by atoms with van der Waals surface area (Å²) >= 11 is 0. The smallest absolute Gasteiger partial charge is 0.348 e. The summed E-state index contributed by atoms with van der Waals surface area (Å²) in [5, 5.41) is 0. The molecule has 1 aliphatic rings. The highest BCUT2D eigenvalue weighted by molar-refractivity contribution is 7.92. The van der Waals surface area contributed by atoms with Crippen molar-refractivity contribution >= 4 is 21.7 Å². The van der Waals surface area contributed by atoms with Gasteiger partial charge < -0.3 is 9.47 Å². The lowest BCUT2D eigenvalue weighted by molar-refractivity contribution is -0.148. The fourth-order valence-corrected chi connectivity index (χ4v) is 3.00. The second-order valence-electron chi connectivity index (χ2n) is 4.03. The van der Waals surface area contributed by atoms with Crippen LogP contribution in [0.15, 0.2) is 24.3 Å². The van der Waals surface area contributed by atoms with Gasteiger partial charge in [0.05, 0.1) is 25.1 Å². The van der Waals surface area contributed by atoms with Gasteiger partial charge in [-0.05, 0) is 19.1 Å². The Morgan fingerprint density at radius 1 is 1.47 bits per heavy atom. The van der Waals surface area contributed by atoms with Crippen molar-refractivity contribution < 1.29 is 22.7 Å². The van der Waals surface area contributed by atoms with Crippen LogP contribution in [0.4, 0.5) is 5.69 Å². The average Bonchev–Trinajstić information content (AvgIpc) is 2.45. The van der Waals surface area contributed by atoms with E-state index in [1.807, 2.05) is 0 Å². The highest BCUT2D eigenvalue weighted by atomic mass is 32.2. The quantitative estimate of drug-likeness (QED) is 0.767. The number of anilines is 1. The van der Waals surface area contributed by atoms with E-state index < -0.39 is 22.1 Å². The number of hydrogen-bond acceptors (Lipinski definition) is 5. The zero-order valence-corrected chi connectivity index (χ0v) is 11.5.